The Labute approximate surface area is 89.2 Å². The molecule has 15 heavy (non-hydrogen) atoms. The smallest absolute Gasteiger partial charge is 0.161 e. The molecule has 78 valence electrons. The Morgan fingerprint density at radius 1 is 1.20 bits per heavy atom. The third-order valence-corrected chi connectivity index (χ3v) is 2.82. The SMILES string of the molecule is O=C1C=C[C@@H](O)[C@@H]1CCc1ccccc1. The Morgan fingerprint density at radius 3 is 2.53 bits per heavy atom. The first-order valence-corrected chi connectivity index (χ1v) is 5.21. The molecule has 1 aromatic rings. The number of benzene rings is 1. The van der Waals surface area contributed by atoms with Gasteiger partial charge < -0.3 is 5.11 Å². The van der Waals surface area contributed by atoms with Crippen molar-refractivity contribution in [2.45, 2.75) is 18.9 Å². The summed E-state index contributed by atoms with van der Waals surface area (Å²) in [5.74, 6) is -0.177. The van der Waals surface area contributed by atoms with E-state index in [-0.39, 0.29) is 11.7 Å². The van der Waals surface area contributed by atoms with Gasteiger partial charge in [0.15, 0.2) is 5.78 Å². The van der Waals surface area contributed by atoms with Crippen molar-refractivity contribution < 1.29 is 9.90 Å². The maximum absolute atomic E-state index is 11.4. The Morgan fingerprint density at radius 2 is 1.93 bits per heavy atom. The van der Waals surface area contributed by atoms with Crippen LogP contribution in [0.1, 0.15) is 12.0 Å². The van der Waals surface area contributed by atoms with Crippen molar-refractivity contribution in [2.24, 2.45) is 5.92 Å². The highest BCUT2D eigenvalue weighted by atomic mass is 16.3. The second-order valence-corrected chi connectivity index (χ2v) is 3.88. The Hall–Kier alpha value is -1.41. The largest absolute Gasteiger partial charge is 0.388 e. The quantitative estimate of drug-likeness (QED) is 0.810. The molecule has 1 aliphatic carbocycles. The van der Waals surface area contributed by atoms with Gasteiger partial charge in [-0.3, -0.25) is 4.79 Å². The van der Waals surface area contributed by atoms with E-state index >= 15 is 0 Å². The second-order valence-electron chi connectivity index (χ2n) is 3.88. The summed E-state index contributed by atoms with van der Waals surface area (Å²) in [5.41, 5.74) is 1.21. The van der Waals surface area contributed by atoms with Gasteiger partial charge >= 0.3 is 0 Å². The number of allylic oxidation sites excluding steroid dienone is 1. The maximum atomic E-state index is 11.4. The molecule has 0 saturated heterocycles. The molecule has 1 aromatic carbocycles. The van der Waals surface area contributed by atoms with Crippen molar-refractivity contribution in [1.82, 2.24) is 0 Å². The standard InChI is InChI=1S/C13H14O2/c14-12-8-9-13(15)11(12)7-6-10-4-2-1-3-5-10/h1-5,8-9,11-12,14H,6-7H2/t11-,12+/m0/s1. The molecular weight excluding hydrogens is 188 g/mol. The van der Waals surface area contributed by atoms with Gasteiger partial charge in [-0.1, -0.05) is 36.4 Å². The third kappa shape index (κ3) is 2.34. The Balaban J connectivity index is 1.92. The predicted molar refractivity (Wildman–Crippen MR) is 58.4 cm³/mol. The summed E-state index contributed by atoms with van der Waals surface area (Å²) in [7, 11) is 0. The van der Waals surface area contributed by atoms with Gasteiger partial charge in [-0.25, -0.2) is 0 Å². The first kappa shape index (κ1) is 10.1. The van der Waals surface area contributed by atoms with Crippen LogP contribution in [0.15, 0.2) is 42.5 Å². The summed E-state index contributed by atoms with van der Waals surface area (Å²) < 4.78 is 0. The first-order valence-electron chi connectivity index (χ1n) is 5.21. The van der Waals surface area contributed by atoms with Gasteiger partial charge in [0.2, 0.25) is 0 Å². The summed E-state index contributed by atoms with van der Waals surface area (Å²) >= 11 is 0. The van der Waals surface area contributed by atoms with Crippen LogP contribution in [0.25, 0.3) is 0 Å². The van der Waals surface area contributed by atoms with Gasteiger partial charge in [-0.15, -0.1) is 0 Å². The first-order chi connectivity index (χ1) is 7.27. The van der Waals surface area contributed by atoms with Gasteiger partial charge in [-0.05, 0) is 24.5 Å². The Kier molecular flexibility index (Phi) is 2.97. The van der Waals surface area contributed by atoms with E-state index in [9.17, 15) is 9.90 Å². The third-order valence-electron chi connectivity index (χ3n) is 2.82. The number of hydrogen-bond donors (Lipinski definition) is 1. The van der Waals surface area contributed by atoms with Gasteiger partial charge in [0.05, 0.1) is 12.0 Å². The lowest BCUT2D eigenvalue weighted by atomic mass is 9.95. The molecule has 2 rings (SSSR count). The summed E-state index contributed by atoms with van der Waals surface area (Å²) in [4.78, 5) is 11.4. The molecule has 0 aromatic heterocycles. The van der Waals surface area contributed by atoms with Crippen LogP contribution >= 0.6 is 0 Å². The molecule has 2 heteroatoms. The topological polar surface area (TPSA) is 37.3 Å². The summed E-state index contributed by atoms with van der Waals surface area (Å²) in [5, 5.41) is 9.53. The number of aliphatic hydroxyl groups excluding tert-OH is 1. The number of carbonyl (C=O) groups excluding carboxylic acids is 1. The molecule has 0 aliphatic heterocycles. The zero-order valence-corrected chi connectivity index (χ0v) is 8.47. The zero-order chi connectivity index (χ0) is 10.7. The van der Waals surface area contributed by atoms with Crippen molar-refractivity contribution in [2.75, 3.05) is 0 Å². The number of aliphatic hydroxyl groups is 1. The van der Waals surface area contributed by atoms with Crippen molar-refractivity contribution in [1.29, 1.82) is 0 Å². The highest BCUT2D eigenvalue weighted by molar-refractivity contribution is 5.94. The molecule has 0 amide bonds. The number of carbonyl (C=O) groups is 1. The lowest BCUT2D eigenvalue weighted by molar-refractivity contribution is -0.119. The molecule has 0 fully saturated rings. The highest BCUT2D eigenvalue weighted by Gasteiger charge is 2.27. The molecule has 0 heterocycles. The van der Waals surface area contributed by atoms with E-state index < -0.39 is 6.10 Å². The average molecular weight is 202 g/mol. The van der Waals surface area contributed by atoms with Crippen LogP contribution in [0.3, 0.4) is 0 Å². The van der Waals surface area contributed by atoms with E-state index in [0.29, 0.717) is 0 Å². The molecule has 2 atom stereocenters. The van der Waals surface area contributed by atoms with Crippen molar-refractivity contribution in [3.63, 3.8) is 0 Å². The fraction of sp³-hybridized carbons (Fsp3) is 0.308. The fourth-order valence-electron chi connectivity index (χ4n) is 1.90. The lowest BCUT2D eigenvalue weighted by Crippen LogP contribution is -2.20. The molecule has 0 unspecified atom stereocenters. The summed E-state index contributed by atoms with van der Waals surface area (Å²) in [6, 6.07) is 10.0. The fourth-order valence-corrected chi connectivity index (χ4v) is 1.90. The summed E-state index contributed by atoms with van der Waals surface area (Å²) in [6.07, 6.45) is 4.05. The zero-order valence-electron chi connectivity index (χ0n) is 8.47. The van der Waals surface area contributed by atoms with E-state index in [2.05, 4.69) is 0 Å². The average Bonchev–Trinajstić information content (AvgIpc) is 2.58. The minimum Gasteiger partial charge on any atom is -0.388 e. The molecule has 0 bridgehead atoms. The molecule has 0 saturated carbocycles. The predicted octanol–water partition coefficient (Wildman–Crippen LogP) is 1.74. The number of hydrogen-bond acceptors (Lipinski definition) is 2. The van der Waals surface area contributed by atoms with Crippen LogP contribution in [0, 0.1) is 5.92 Å². The molecule has 0 radical (unpaired) electrons. The molecule has 2 nitrogen and oxygen atoms in total. The van der Waals surface area contributed by atoms with Gasteiger partial charge in [0.1, 0.15) is 0 Å². The monoisotopic (exact) mass is 202 g/mol. The van der Waals surface area contributed by atoms with Gasteiger partial charge in [0.25, 0.3) is 0 Å². The van der Waals surface area contributed by atoms with Gasteiger partial charge in [-0.2, -0.15) is 0 Å². The van der Waals surface area contributed by atoms with E-state index in [1.807, 2.05) is 30.3 Å². The van der Waals surface area contributed by atoms with E-state index in [1.165, 1.54) is 11.6 Å². The lowest BCUT2D eigenvalue weighted by Gasteiger charge is -2.12. The van der Waals surface area contributed by atoms with Crippen molar-refractivity contribution in [3.05, 3.63) is 48.0 Å². The molecule has 0 spiro atoms. The van der Waals surface area contributed by atoms with Crippen LogP contribution in [0.4, 0.5) is 0 Å². The molecule has 1 aliphatic rings. The van der Waals surface area contributed by atoms with Crippen LogP contribution in [-0.2, 0) is 11.2 Å². The van der Waals surface area contributed by atoms with Crippen LogP contribution < -0.4 is 0 Å². The van der Waals surface area contributed by atoms with Crippen molar-refractivity contribution in [3.8, 4) is 0 Å². The van der Waals surface area contributed by atoms with Crippen LogP contribution in [-0.4, -0.2) is 17.0 Å². The number of ketones is 1. The second kappa shape index (κ2) is 4.41. The number of aryl methyl sites for hydroxylation is 1. The van der Waals surface area contributed by atoms with Crippen LogP contribution in [0.5, 0.6) is 0 Å². The minimum absolute atomic E-state index is 0.0541. The number of rotatable bonds is 3. The van der Waals surface area contributed by atoms with Crippen molar-refractivity contribution >= 4 is 5.78 Å². The minimum atomic E-state index is -0.582. The Bertz CT molecular complexity index is 367. The molecule has 1 N–H and O–H groups in total. The highest BCUT2D eigenvalue weighted by Crippen LogP contribution is 2.21. The summed E-state index contributed by atoms with van der Waals surface area (Å²) in [6.45, 7) is 0. The van der Waals surface area contributed by atoms with Gasteiger partial charge in [0, 0.05) is 0 Å². The molecular formula is C13H14O2. The van der Waals surface area contributed by atoms with Crippen LogP contribution in [0.2, 0.25) is 0 Å². The van der Waals surface area contributed by atoms with E-state index in [0.717, 1.165) is 12.8 Å². The maximum Gasteiger partial charge on any atom is 0.161 e. The van der Waals surface area contributed by atoms with E-state index in [4.69, 9.17) is 0 Å². The van der Waals surface area contributed by atoms with E-state index in [1.54, 1.807) is 6.08 Å². The normalized spacial score (nSPS) is 24.7.